The van der Waals surface area contributed by atoms with Gasteiger partial charge in [0.2, 0.25) is 0 Å². The van der Waals surface area contributed by atoms with Crippen LogP contribution in [0.15, 0.2) is 0 Å². The Bertz CT molecular complexity index is 732. The lowest BCUT2D eigenvalue weighted by Crippen LogP contribution is -2.67. The molecule has 0 unspecified atom stereocenters. The van der Waals surface area contributed by atoms with Crippen LogP contribution in [0.3, 0.4) is 0 Å². The second kappa shape index (κ2) is 7.99. The average molecular weight is 445 g/mol. The predicted octanol–water partition coefficient (Wildman–Crippen LogP) is 7.17. The van der Waals surface area contributed by atoms with Gasteiger partial charge in [-0.2, -0.15) is 0 Å². The monoisotopic (exact) mass is 444 g/mol. The summed E-state index contributed by atoms with van der Waals surface area (Å²) in [5.74, 6) is 4.43. The second-order valence-electron chi connectivity index (χ2n) is 13.5. The highest BCUT2D eigenvalue weighted by Crippen LogP contribution is 2.73. The maximum Gasteiger partial charge on any atom is 0.302 e. The number of fused-ring (bicyclic) bond motifs is 3. The molecule has 3 nitrogen and oxygen atoms in total. The fourth-order valence-electron chi connectivity index (χ4n) is 10.1. The third-order valence-corrected chi connectivity index (χ3v) is 11.8. The van der Waals surface area contributed by atoms with Crippen molar-refractivity contribution in [2.75, 3.05) is 0 Å². The third kappa shape index (κ3) is 3.26. The Hall–Kier alpha value is -0.570. The van der Waals surface area contributed by atoms with Crippen LogP contribution >= 0.6 is 0 Å². The van der Waals surface area contributed by atoms with E-state index in [-0.39, 0.29) is 17.7 Å². The van der Waals surface area contributed by atoms with Crippen LogP contribution in [0.2, 0.25) is 0 Å². The number of ether oxygens (including phenoxy) is 2. The number of esters is 1. The van der Waals surface area contributed by atoms with E-state index in [1.165, 1.54) is 57.8 Å². The average Bonchev–Trinajstić information content (AvgIpc) is 2.93. The predicted molar refractivity (Wildman–Crippen MR) is 128 cm³/mol. The first-order valence-corrected chi connectivity index (χ1v) is 14.0. The van der Waals surface area contributed by atoms with Gasteiger partial charge in [0.15, 0.2) is 0 Å². The summed E-state index contributed by atoms with van der Waals surface area (Å²) in [6, 6.07) is 0. The number of carbonyl (C=O) groups excluding carboxylic acids is 1. The van der Waals surface area contributed by atoms with Gasteiger partial charge in [-0.25, -0.2) is 0 Å². The van der Waals surface area contributed by atoms with Crippen LogP contribution in [0.5, 0.6) is 0 Å². The van der Waals surface area contributed by atoms with Crippen molar-refractivity contribution >= 4 is 5.97 Å². The van der Waals surface area contributed by atoms with Gasteiger partial charge < -0.3 is 9.47 Å². The zero-order chi connectivity index (χ0) is 22.9. The van der Waals surface area contributed by atoms with Crippen molar-refractivity contribution in [2.24, 2.45) is 46.3 Å². The van der Waals surface area contributed by atoms with Gasteiger partial charge in [0, 0.05) is 12.3 Å². The molecule has 5 rings (SSSR count). The molecule has 0 amide bonds. The first-order chi connectivity index (χ1) is 15.1. The SMILES string of the molecule is CC(=O)O[C@H]1CC[C@@]2(C)[C@@H](CC[C@@H]3[C@@H]2CC[C@]2(C)[C@@H]4CC[C@]32O[C@@H](CCC(C)C)[C@H]4C)C1. The summed E-state index contributed by atoms with van der Waals surface area (Å²) < 4.78 is 13.1. The van der Waals surface area contributed by atoms with Crippen molar-refractivity contribution in [3.63, 3.8) is 0 Å². The normalized spacial score (nSPS) is 52.2. The minimum Gasteiger partial charge on any atom is -0.463 e. The zero-order valence-corrected chi connectivity index (χ0v) is 21.6. The van der Waals surface area contributed by atoms with Crippen molar-refractivity contribution < 1.29 is 14.3 Å². The Balaban J connectivity index is 1.41. The lowest BCUT2D eigenvalue weighted by Gasteiger charge is -2.67. The van der Waals surface area contributed by atoms with Crippen LogP contribution in [0, 0.1) is 46.3 Å². The van der Waals surface area contributed by atoms with Gasteiger partial charge in [-0.15, -0.1) is 0 Å². The molecule has 182 valence electrons. The molecule has 3 heteroatoms. The molecule has 10 atom stereocenters. The number of rotatable bonds is 4. The fourth-order valence-corrected chi connectivity index (χ4v) is 10.1. The summed E-state index contributed by atoms with van der Waals surface area (Å²) in [4.78, 5) is 11.6. The van der Waals surface area contributed by atoms with Gasteiger partial charge in [0.05, 0.1) is 11.7 Å². The minimum absolute atomic E-state index is 0.103. The van der Waals surface area contributed by atoms with Crippen LogP contribution in [0.1, 0.15) is 112 Å². The van der Waals surface area contributed by atoms with E-state index in [0.717, 1.165) is 36.5 Å². The Morgan fingerprint density at radius 1 is 1.00 bits per heavy atom. The lowest BCUT2D eigenvalue weighted by atomic mass is 9.42. The molecule has 1 aliphatic heterocycles. The van der Waals surface area contributed by atoms with E-state index in [2.05, 4.69) is 34.6 Å². The number of carbonyl (C=O) groups is 1. The first-order valence-electron chi connectivity index (χ1n) is 14.0. The van der Waals surface area contributed by atoms with Crippen molar-refractivity contribution in [3.05, 3.63) is 0 Å². The van der Waals surface area contributed by atoms with Crippen molar-refractivity contribution in [2.45, 2.75) is 130 Å². The van der Waals surface area contributed by atoms with E-state index in [4.69, 9.17) is 9.47 Å². The van der Waals surface area contributed by atoms with Gasteiger partial charge in [0.25, 0.3) is 0 Å². The molecule has 32 heavy (non-hydrogen) atoms. The van der Waals surface area contributed by atoms with Crippen molar-refractivity contribution in [3.8, 4) is 0 Å². The summed E-state index contributed by atoms with van der Waals surface area (Å²) >= 11 is 0. The molecule has 1 saturated heterocycles. The summed E-state index contributed by atoms with van der Waals surface area (Å²) in [7, 11) is 0. The molecule has 4 saturated carbocycles. The standard InChI is InChI=1S/C29H48O3/c1-18(2)7-10-26-19(3)23-13-16-29(32-26)25-9-8-21-17-22(31-20(4)30)11-14-27(21,5)24(25)12-15-28(23,29)6/h18-19,21-26H,7-17H2,1-6H3/t19-,21-,22-,23+,24-,25+,26-,27-,28+,29-/m0/s1. The van der Waals surface area contributed by atoms with E-state index in [9.17, 15) is 4.79 Å². The summed E-state index contributed by atoms with van der Waals surface area (Å²) in [5.41, 5.74) is 0.892. The highest BCUT2D eigenvalue weighted by Gasteiger charge is 2.71. The molecular weight excluding hydrogens is 396 g/mol. The molecule has 0 aromatic heterocycles. The number of hydrogen-bond acceptors (Lipinski definition) is 3. The molecule has 0 spiro atoms. The molecule has 1 heterocycles. The van der Waals surface area contributed by atoms with E-state index in [1.807, 2.05) is 0 Å². The molecule has 4 aliphatic carbocycles. The first kappa shape index (κ1) is 23.2. The molecule has 5 fully saturated rings. The minimum atomic E-state index is -0.103. The third-order valence-electron chi connectivity index (χ3n) is 11.8. The zero-order valence-electron chi connectivity index (χ0n) is 21.6. The van der Waals surface area contributed by atoms with E-state index in [1.54, 1.807) is 6.92 Å². The topological polar surface area (TPSA) is 35.5 Å². The fraction of sp³-hybridized carbons (Fsp3) is 0.966. The smallest absolute Gasteiger partial charge is 0.302 e. The second-order valence-corrected chi connectivity index (χ2v) is 13.5. The van der Waals surface area contributed by atoms with Crippen LogP contribution in [-0.4, -0.2) is 23.8 Å². The highest BCUT2D eigenvalue weighted by molar-refractivity contribution is 5.66. The molecule has 0 N–H and O–H groups in total. The van der Waals surface area contributed by atoms with Crippen molar-refractivity contribution in [1.29, 1.82) is 0 Å². The van der Waals surface area contributed by atoms with Crippen molar-refractivity contribution in [1.82, 2.24) is 0 Å². The largest absolute Gasteiger partial charge is 0.463 e. The van der Waals surface area contributed by atoms with Gasteiger partial charge in [-0.3, -0.25) is 4.79 Å². The quantitative estimate of drug-likeness (QED) is 0.431. The summed E-state index contributed by atoms with van der Waals surface area (Å²) in [6.07, 6.45) is 14.6. The Morgan fingerprint density at radius 2 is 1.75 bits per heavy atom. The van der Waals surface area contributed by atoms with Gasteiger partial charge in [-0.05, 0) is 112 Å². The molecule has 2 bridgehead atoms. The highest BCUT2D eigenvalue weighted by atomic mass is 16.5. The Kier molecular flexibility index (Phi) is 5.79. The Labute approximate surface area is 196 Å². The van der Waals surface area contributed by atoms with Crippen LogP contribution in [0.4, 0.5) is 0 Å². The van der Waals surface area contributed by atoms with Gasteiger partial charge in [-0.1, -0.05) is 34.6 Å². The summed E-state index contributed by atoms with van der Waals surface area (Å²) in [6.45, 7) is 14.0. The Morgan fingerprint density at radius 3 is 2.47 bits per heavy atom. The maximum atomic E-state index is 11.6. The summed E-state index contributed by atoms with van der Waals surface area (Å²) in [5, 5.41) is 0. The molecule has 5 aliphatic rings. The molecule has 0 radical (unpaired) electrons. The lowest BCUT2D eigenvalue weighted by molar-refractivity contribution is -0.289. The van der Waals surface area contributed by atoms with E-state index < -0.39 is 0 Å². The maximum absolute atomic E-state index is 11.6. The van der Waals surface area contributed by atoms with Crippen LogP contribution < -0.4 is 0 Å². The molecule has 0 aromatic rings. The van der Waals surface area contributed by atoms with Crippen LogP contribution in [0.25, 0.3) is 0 Å². The van der Waals surface area contributed by atoms with Gasteiger partial charge in [0.1, 0.15) is 6.10 Å². The van der Waals surface area contributed by atoms with Crippen LogP contribution in [-0.2, 0) is 14.3 Å². The number of hydrogen-bond donors (Lipinski definition) is 0. The molecular formula is C29H48O3. The van der Waals surface area contributed by atoms with E-state index in [0.29, 0.717) is 28.8 Å². The molecule has 0 aromatic carbocycles. The van der Waals surface area contributed by atoms with E-state index >= 15 is 0 Å². The van der Waals surface area contributed by atoms with Gasteiger partial charge >= 0.3 is 5.97 Å².